The maximum atomic E-state index is 12.3. The lowest BCUT2D eigenvalue weighted by molar-refractivity contribution is -0.194. The summed E-state index contributed by atoms with van der Waals surface area (Å²) >= 11 is 0. The third-order valence-electron chi connectivity index (χ3n) is 6.53. The Morgan fingerprint density at radius 3 is 3.18 bits per heavy atom. The summed E-state index contributed by atoms with van der Waals surface area (Å²) in [4.78, 5) is 25.4. The van der Waals surface area contributed by atoms with Crippen molar-refractivity contribution in [2.45, 2.75) is 50.2 Å². The van der Waals surface area contributed by atoms with Gasteiger partial charge in [-0.3, -0.25) is 4.79 Å². The van der Waals surface area contributed by atoms with E-state index in [0.717, 1.165) is 38.0 Å². The molecule has 5 rings (SSSR count). The van der Waals surface area contributed by atoms with E-state index in [1.807, 2.05) is 6.07 Å². The van der Waals surface area contributed by atoms with E-state index in [1.165, 1.54) is 16.7 Å². The Labute approximate surface area is 130 Å². The molecule has 0 amide bonds. The Morgan fingerprint density at radius 1 is 1.36 bits per heavy atom. The predicted molar refractivity (Wildman–Crippen MR) is 80.6 cm³/mol. The van der Waals surface area contributed by atoms with Gasteiger partial charge in [0.15, 0.2) is 5.75 Å². The van der Waals surface area contributed by atoms with Crippen LogP contribution >= 0.6 is 0 Å². The largest absolute Gasteiger partial charge is 0.337 e. The fourth-order valence-electron chi connectivity index (χ4n) is 5.61. The van der Waals surface area contributed by atoms with Crippen molar-refractivity contribution >= 4 is 5.78 Å². The zero-order valence-electron chi connectivity index (χ0n) is 12.9. The summed E-state index contributed by atoms with van der Waals surface area (Å²) in [5.74, 6) is 1.90. The highest BCUT2D eigenvalue weighted by atomic mass is 17.2. The molecule has 0 radical (unpaired) electrons. The summed E-state index contributed by atoms with van der Waals surface area (Å²) < 4.78 is 0. The highest BCUT2D eigenvalue weighted by Gasteiger charge is 2.56. The second kappa shape index (κ2) is 4.33. The van der Waals surface area contributed by atoms with Gasteiger partial charge in [-0.05, 0) is 56.0 Å². The lowest BCUT2D eigenvalue weighted by atomic mass is 9.51. The third kappa shape index (κ3) is 1.52. The Balaban J connectivity index is 1.76. The zero-order valence-corrected chi connectivity index (χ0v) is 12.9. The van der Waals surface area contributed by atoms with Crippen molar-refractivity contribution in [3.05, 3.63) is 28.8 Å². The van der Waals surface area contributed by atoms with Crippen molar-refractivity contribution in [2.24, 2.45) is 5.92 Å². The van der Waals surface area contributed by atoms with Gasteiger partial charge >= 0.3 is 0 Å². The van der Waals surface area contributed by atoms with Gasteiger partial charge in [0.2, 0.25) is 0 Å². The highest BCUT2D eigenvalue weighted by molar-refractivity contribution is 5.82. The predicted octanol–water partition coefficient (Wildman–Crippen LogP) is 2.38. The molecule has 2 bridgehead atoms. The second-order valence-electron chi connectivity index (χ2n) is 7.44. The third-order valence-corrected chi connectivity index (χ3v) is 6.53. The van der Waals surface area contributed by atoms with Crippen LogP contribution in [0, 0.1) is 5.92 Å². The molecule has 0 aromatic heterocycles. The van der Waals surface area contributed by atoms with E-state index in [0.29, 0.717) is 30.8 Å². The molecule has 0 N–H and O–H groups in total. The molecule has 116 valence electrons. The Morgan fingerprint density at radius 2 is 2.27 bits per heavy atom. The number of ketones is 1. The highest BCUT2D eigenvalue weighted by Crippen LogP contribution is 2.57. The van der Waals surface area contributed by atoms with Crippen LogP contribution in [0.2, 0.25) is 0 Å². The van der Waals surface area contributed by atoms with Crippen molar-refractivity contribution in [1.82, 2.24) is 4.90 Å². The van der Waals surface area contributed by atoms with Crippen LogP contribution in [0.1, 0.15) is 42.4 Å². The standard InChI is InChI=1S/C18H21NO3/c1-19-7-6-18-9-12(20)3-4-14(18)15(19)8-11-2-5-16-13(17(11)18)10-21-22-16/h2,5,14-15H,3-4,6-10H2,1H3/t14-,15+,18-/m0/s1. The molecule has 2 aliphatic carbocycles. The van der Waals surface area contributed by atoms with Crippen molar-refractivity contribution in [1.29, 1.82) is 0 Å². The van der Waals surface area contributed by atoms with Crippen LogP contribution in [-0.2, 0) is 28.1 Å². The molecule has 4 aliphatic rings. The van der Waals surface area contributed by atoms with Crippen LogP contribution in [-0.4, -0.2) is 30.3 Å². The lowest BCUT2D eigenvalue weighted by Gasteiger charge is -2.58. The number of Topliss-reactive ketones (excluding diaryl/α,β-unsaturated/α-hetero) is 1. The van der Waals surface area contributed by atoms with Gasteiger partial charge in [-0.25, -0.2) is 0 Å². The second-order valence-corrected chi connectivity index (χ2v) is 7.44. The first-order valence-electron chi connectivity index (χ1n) is 8.36. The topological polar surface area (TPSA) is 38.8 Å². The molecule has 22 heavy (non-hydrogen) atoms. The molecular weight excluding hydrogens is 278 g/mol. The van der Waals surface area contributed by atoms with E-state index in [4.69, 9.17) is 9.78 Å². The first kappa shape index (κ1) is 13.1. The summed E-state index contributed by atoms with van der Waals surface area (Å²) in [6.45, 7) is 1.61. The molecule has 0 unspecified atom stereocenters. The van der Waals surface area contributed by atoms with Gasteiger partial charge in [0.25, 0.3) is 0 Å². The van der Waals surface area contributed by atoms with E-state index < -0.39 is 0 Å². The quantitative estimate of drug-likeness (QED) is 0.690. The molecule has 0 spiro atoms. The molecular formula is C18H21NO3. The minimum Gasteiger partial charge on any atom is -0.337 e. The van der Waals surface area contributed by atoms with Crippen LogP contribution in [0.15, 0.2) is 12.1 Å². The Kier molecular flexibility index (Phi) is 2.57. The van der Waals surface area contributed by atoms with Crippen molar-refractivity contribution in [3.8, 4) is 5.75 Å². The van der Waals surface area contributed by atoms with E-state index >= 15 is 0 Å². The Hall–Kier alpha value is -1.39. The number of fused-ring (bicyclic) bond motifs is 3. The summed E-state index contributed by atoms with van der Waals surface area (Å²) in [5, 5.41) is 0. The maximum absolute atomic E-state index is 12.3. The molecule has 4 heteroatoms. The summed E-state index contributed by atoms with van der Waals surface area (Å²) in [6, 6.07) is 4.82. The molecule has 2 aliphatic heterocycles. The van der Waals surface area contributed by atoms with Gasteiger partial charge in [-0.2, -0.15) is 4.89 Å². The van der Waals surface area contributed by atoms with Gasteiger partial charge in [0.1, 0.15) is 12.4 Å². The van der Waals surface area contributed by atoms with Gasteiger partial charge in [0, 0.05) is 29.9 Å². The number of likely N-dealkylation sites (N-methyl/N-ethyl adjacent to an activating group) is 1. The minimum absolute atomic E-state index is 0.0303. The number of carbonyl (C=O) groups excluding carboxylic acids is 1. The number of carbonyl (C=O) groups is 1. The first-order valence-corrected chi connectivity index (χ1v) is 8.36. The molecule has 1 aromatic carbocycles. The number of hydrogen-bond donors (Lipinski definition) is 0. The Bertz CT molecular complexity index is 671. The van der Waals surface area contributed by atoms with Crippen molar-refractivity contribution < 1.29 is 14.6 Å². The van der Waals surface area contributed by atoms with Crippen LogP contribution < -0.4 is 4.89 Å². The van der Waals surface area contributed by atoms with E-state index in [2.05, 4.69) is 18.0 Å². The van der Waals surface area contributed by atoms with Crippen molar-refractivity contribution in [2.75, 3.05) is 13.6 Å². The average Bonchev–Trinajstić information content (AvgIpc) is 2.98. The number of piperidine rings is 1. The van der Waals surface area contributed by atoms with E-state index in [1.54, 1.807) is 0 Å². The normalized spacial score (nSPS) is 36.3. The zero-order chi connectivity index (χ0) is 14.9. The number of likely N-dealkylation sites (tertiary alicyclic amines) is 1. The van der Waals surface area contributed by atoms with Crippen LogP contribution in [0.4, 0.5) is 0 Å². The van der Waals surface area contributed by atoms with E-state index in [9.17, 15) is 4.79 Å². The van der Waals surface area contributed by atoms with Gasteiger partial charge in [-0.15, -0.1) is 0 Å². The van der Waals surface area contributed by atoms with Crippen LogP contribution in [0.3, 0.4) is 0 Å². The first-order chi connectivity index (χ1) is 10.7. The number of rotatable bonds is 0. The molecule has 3 atom stereocenters. The fraction of sp³-hybridized carbons (Fsp3) is 0.611. The monoisotopic (exact) mass is 299 g/mol. The molecule has 1 saturated carbocycles. The van der Waals surface area contributed by atoms with Crippen LogP contribution in [0.5, 0.6) is 5.75 Å². The minimum atomic E-state index is 0.0303. The summed E-state index contributed by atoms with van der Waals surface area (Å²) in [6.07, 6.45) is 4.69. The average molecular weight is 299 g/mol. The summed E-state index contributed by atoms with van der Waals surface area (Å²) in [7, 11) is 2.25. The SMILES string of the molecule is CN1CC[C@]23CC(=O)CC[C@H]2[C@H]1Cc1ccc2c(c13)COO2. The molecule has 2 fully saturated rings. The fourth-order valence-corrected chi connectivity index (χ4v) is 5.61. The number of nitrogens with zero attached hydrogens (tertiary/aromatic N) is 1. The molecule has 4 nitrogen and oxygen atoms in total. The van der Waals surface area contributed by atoms with Gasteiger partial charge in [-0.1, -0.05) is 6.07 Å². The molecule has 1 saturated heterocycles. The molecule has 1 aromatic rings. The number of hydrogen-bond acceptors (Lipinski definition) is 4. The summed E-state index contributed by atoms with van der Waals surface area (Å²) in [5.41, 5.74) is 4.06. The smallest absolute Gasteiger partial charge is 0.171 e. The van der Waals surface area contributed by atoms with E-state index in [-0.39, 0.29) is 5.41 Å². The van der Waals surface area contributed by atoms with Gasteiger partial charge < -0.3 is 9.79 Å². The maximum Gasteiger partial charge on any atom is 0.171 e. The molecule has 2 heterocycles. The van der Waals surface area contributed by atoms with Gasteiger partial charge in [0.05, 0.1) is 0 Å². The number of benzene rings is 1. The van der Waals surface area contributed by atoms with Crippen molar-refractivity contribution in [3.63, 3.8) is 0 Å². The van der Waals surface area contributed by atoms with Crippen LogP contribution in [0.25, 0.3) is 0 Å². The lowest BCUT2D eigenvalue weighted by Crippen LogP contribution is -2.61.